The van der Waals surface area contributed by atoms with Crippen molar-refractivity contribution >= 4 is 0 Å². The molecule has 1 saturated heterocycles. The maximum atomic E-state index is 5.83. The smallest absolute Gasteiger partial charge is 0.188 e. The first-order valence-electron chi connectivity index (χ1n) is 8.91. The topological polar surface area (TPSA) is 58.4 Å². The molecule has 0 unspecified atom stereocenters. The van der Waals surface area contributed by atoms with Crippen LogP contribution in [0.2, 0.25) is 0 Å². The lowest BCUT2D eigenvalue weighted by Gasteiger charge is -2.23. The Hall–Kier alpha value is -2.08. The number of benzene rings is 1. The van der Waals surface area contributed by atoms with Gasteiger partial charge in [0, 0.05) is 6.61 Å². The normalized spacial score (nSPS) is 17.7. The van der Waals surface area contributed by atoms with Crippen molar-refractivity contribution in [3.05, 3.63) is 35.9 Å². The molecule has 0 N–H and O–H groups in total. The molecule has 1 atom stereocenters. The Morgan fingerprint density at radius 2 is 1.84 bits per heavy atom. The van der Waals surface area contributed by atoms with Crippen LogP contribution in [0.25, 0.3) is 0 Å². The van der Waals surface area contributed by atoms with Gasteiger partial charge in [0.2, 0.25) is 0 Å². The molecule has 1 aromatic heterocycles. The van der Waals surface area contributed by atoms with Gasteiger partial charge in [0.25, 0.3) is 0 Å². The van der Waals surface area contributed by atoms with Crippen molar-refractivity contribution in [2.75, 3.05) is 13.2 Å². The van der Waals surface area contributed by atoms with E-state index in [1.54, 1.807) is 0 Å². The van der Waals surface area contributed by atoms with Crippen molar-refractivity contribution in [2.45, 2.75) is 58.8 Å². The summed E-state index contributed by atoms with van der Waals surface area (Å²) in [6.07, 6.45) is 2.10. The highest BCUT2D eigenvalue weighted by atomic mass is 16.5. The first-order valence-corrected chi connectivity index (χ1v) is 8.91. The molecule has 1 aromatic carbocycles. The van der Waals surface area contributed by atoms with Gasteiger partial charge in [-0.1, -0.05) is 0 Å². The van der Waals surface area contributed by atoms with Crippen molar-refractivity contribution in [1.29, 1.82) is 0 Å². The average Bonchev–Trinajstić information content (AvgIpc) is 3.23. The van der Waals surface area contributed by atoms with Crippen LogP contribution in [0.1, 0.15) is 58.3 Å². The fraction of sp³-hybridized carbons (Fsp3) is 0.579. The fourth-order valence-corrected chi connectivity index (χ4v) is 2.86. The van der Waals surface area contributed by atoms with Gasteiger partial charge < -0.3 is 14.2 Å². The molecule has 0 amide bonds. The number of hydrogen-bond donors (Lipinski definition) is 0. The molecule has 0 saturated carbocycles. The predicted octanol–water partition coefficient (Wildman–Crippen LogP) is 3.86. The summed E-state index contributed by atoms with van der Waals surface area (Å²) in [7, 11) is 0. The second-order valence-corrected chi connectivity index (χ2v) is 7.16. The van der Waals surface area contributed by atoms with E-state index in [-0.39, 0.29) is 11.6 Å². The van der Waals surface area contributed by atoms with Crippen LogP contribution in [-0.4, -0.2) is 28.0 Å². The van der Waals surface area contributed by atoms with Gasteiger partial charge in [-0.25, -0.2) is 9.67 Å². The van der Waals surface area contributed by atoms with E-state index < -0.39 is 0 Å². The average molecular weight is 345 g/mol. The third-order valence-corrected chi connectivity index (χ3v) is 4.03. The van der Waals surface area contributed by atoms with Gasteiger partial charge in [0.05, 0.1) is 12.1 Å². The Labute approximate surface area is 149 Å². The lowest BCUT2D eigenvalue weighted by Crippen LogP contribution is -2.27. The molecule has 3 rings (SSSR count). The summed E-state index contributed by atoms with van der Waals surface area (Å²) in [5.74, 6) is 3.18. The molecule has 1 fully saturated rings. The van der Waals surface area contributed by atoms with Crippen LogP contribution < -0.4 is 9.47 Å². The van der Waals surface area contributed by atoms with Crippen molar-refractivity contribution in [1.82, 2.24) is 14.8 Å². The van der Waals surface area contributed by atoms with Gasteiger partial charge >= 0.3 is 0 Å². The molecule has 0 aliphatic carbocycles. The van der Waals surface area contributed by atoms with Gasteiger partial charge in [-0.2, -0.15) is 5.10 Å². The summed E-state index contributed by atoms with van der Waals surface area (Å²) in [5.41, 5.74) is -0.147. The van der Waals surface area contributed by atoms with E-state index >= 15 is 0 Å². The summed E-state index contributed by atoms with van der Waals surface area (Å²) < 4.78 is 19.1. The van der Waals surface area contributed by atoms with Crippen molar-refractivity contribution in [3.8, 4) is 11.5 Å². The number of ether oxygens (including phenoxy) is 3. The third-order valence-electron chi connectivity index (χ3n) is 4.03. The monoisotopic (exact) mass is 345 g/mol. The van der Waals surface area contributed by atoms with E-state index in [0.29, 0.717) is 19.0 Å². The molecule has 2 heterocycles. The highest BCUT2D eigenvalue weighted by Crippen LogP contribution is 2.30. The molecule has 25 heavy (non-hydrogen) atoms. The molecular formula is C19H27N3O3. The molecule has 6 nitrogen and oxygen atoms in total. The summed E-state index contributed by atoms with van der Waals surface area (Å²) in [6, 6.07) is 7.59. The Bertz CT molecular complexity index is 683. The minimum absolute atomic E-state index is 0.0333. The molecule has 1 aliphatic heterocycles. The molecule has 0 spiro atoms. The number of aromatic nitrogens is 3. The van der Waals surface area contributed by atoms with E-state index in [2.05, 4.69) is 25.9 Å². The highest BCUT2D eigenvalue weighted by molar-refractivity contribution is 5.31. The summed E-state index contributed by atoms with van der Waals surface area (Å²) in [6.45, 7) is 10.1. The Morgan fingerprint density at radius 3 is 2.40 bits per heavy atom. The summed E-state index contributed by atoms with van der Waals surface area (Å²) in [4.78, 5) is 4.70. The van der Waals surface area contributed by atoms with Gasteiger partial charge in [-0.05, 0) is 64.8 Å². The lowest BCUT2D eigenvalue weighted by atomic mass is 10.1. The zero-order chi connectivity index (χ0) is 17.9. The Kier molecular flexibility index (Phi) is 5.27. The second-order valence-electron chi connectivity index (χ2n) is 7.16. The molecule has 0 radical (unpaired) electrons. The number of nitrogens with zero attached hydrogens (tertiary/aromatic N) is 3. The first-order chi connectivity index (χ1) is 12.0. The zero-order valence-corrected chi connectivity index (χ0v) is 15.5. The van der Waals surface area contributed by atoms with Gasteiger partial charge in [-0.15, -0.1) is 0 Å². The third kappa shape index (κ3) is 4.31. The number of hydrogen-bond acceptors (Lipinski definition) is 5. The standard InChI is InChI=1S/C19H27N3O3/c1-5-23-14-8-10-15(11-9-14)25-13-17-20-18(16-7-6-12-24-16)22(21-17)19(2,3)4/h8-11,16H,5-7,12-13H2,1-4H3/t16-/m0/s1. The minimum Gasteiger partial charge on any atom is -0.494 e. The van der Waals surface area contributed by atoms with Gasteiger partial charge in [-0.3, -0.25) is 0 Å². The Balaban J connectivity index is 1.71. The number of rotatable bonds is 6. The van der Waals surface area contributed by atoms with Crippen LogP contribution in [-0.2, 0) is 16.9 Å². The van der Waals surface area contributed by atoms with Gasteiger partial charge in [0.1, 0.15) is 24.2 Å². The maximum Gasteiger partial charge on any atom is 0.188 e. The van der Waals surface area contributed by atoms with Crippen molar-refractivity contribution < 1.29 is 14.2 Å². The zero-order valence-electron chi connectivity index (χ0n) is 15.5. The van der Waals surface area contributed by atoms with Gasteiger partial charge in [0.15, 0.2) is 11.6 Å². The van der Waals surface area contributed by atoms with E-state index in [1.807, 2.05) is 35.9 Å². The largest absolute Gasteiger partial charge is 0.494 e. The quantitative estimate of drug-likeness (QED) is 0.795. The highest BCUT2D eigenvalue weighted by Gasteiger charge is 2.29. The molecule has 2 aromatic rings. The molecular weight excluding hydrogens is 318 g/mol. The minimum atomic E-state index is -0.147. The molecule has 1 aliphatic rings. The van der Waals surface area contributed by atoms with Crippen LogP contribution in [0.15, 0.2) is 24.3 Å². The second kappa shape index (κ2) is 7.44. The molecule has 0 bridgehead atoms. The predicted molar refractivity (Wildman–Crippen MR) is 94.9 cm³/mol. The Morgan fingerprint density at radius 1 is 1.16 bits per heavy atom. The van der Waals surface area contributed by atoms with E-state index in [0.717, 1.165) is 36.8 Å². The van der Waals surface area contributed by atoms with E-state index in [1.165, 1.54) is 0 Å². The van der Waals surface area contributed by atoms with Crippen molar-refractivity contribution in [3.63, 3.8) is 0 Å². The first kappa shape index (κ1) is 17.7. The van der Waals surface area contributed by atoms with Crippen molar-refractivity contribution in [2.24, 2.45) is 0 Å². The fourth-order valence-electron chi connectivity index (χ4n) is 2.86. The summed E-state index contributed by atoms with van der Waals surface area (Å²) >= 11 is 0. The van der Waals surface area contributed by atoms with Crippen LogP contribution >= 0.6 is 0 Å². The lowest BCUT2D eigenvalue weighted by molar-refractivity contribution is 0.0958. The maximum absolute atomic E-state index is 5.83. The molecule has 136 valence electrons. The van der Waals surface area contributed by atoms with E-state index in [9.17, 15) is 0 Å². The summed E-state index contributed by atoms with van der Waals surface area (Å²) in [5, 5.41) is 4.66. The van der Waals surface area contributed by atoms with E-state index in [4.69, 9.17) is 19.2 Å². The van der Waals surface area contributed by atoms with Crippen LogP contribution in [0, 0.1) is 0 Å². The SMILES string of the molecule is CCOc1ccc(OCc2nc([C@@H]3CCCO3)n(C(C)(C)C)n2)cc1. The van der Waals surface area contributed by atoms with Crippen LogP contribution in [0.3, 0.4) is 0 Å². The molecule has 6 heteroatoms. The van der Waals surface area contributed by atoms with Crippen LogP contribution in [0.4, 0.5) is 0 Å². The van der Waals surface area contributed by atoms with Crippen LogP contribution in [0.5, 0.6) is 11.5 Å².